The van der Waals surface area contributed by atoms with Gasteiger partial charge in [0, 0.05) is 29.1 Å². The molecule has 1 rings (SSSR count). The second-order valence-electron chi connectivity index (χ2n) is 4.48. The fourth-order valence-corrected chi connectivity index (χ4v) is 2.09. The van der Waals surface area contributed by atoms with Gasteiger partial charge in [0.2, 0.25) is 5.91 Å². The van der Waals surface area contributed by atoms with Gasteiger partial charge >= 0.3 is 5.97 Å². The number of hydrogen-bond donors (Lipinski definition) is 2. The third kappa shape index (κ3) is 6.59. The Morgan fingerprint density at radius 2 is 1.90 bits per heavy atom. The van der Waals surface area contributed by atoms with E-state index in [0.29, 0.717) is 16.6 Å². The number of carbonyl (C=O) groups is 2. The Hall–Kier alpha value is -1.52. The van der Waals surface area contributed by atoms with E-state index in [1.54, 1.807) is 31.2 Å². The molecule has 1 aromatic rings. The molecule has 0 aliphatic rings. The maximum atomic E-state index is 11.6. The molecule has 6 heteroatoms. The Morgan fingerprint density at radius 3 is 2.45 bits per heavy atom. The van der Waals surface area contributed by atoms with Crippen LogP contribution in [-0.4, -0.2) is 23.5 Å². The monoisotopic (exact) mass is 315 g/mol. The highest BCUT2D eigenvalue weighted by atomic mass is 35.5. The van der Waals surface area contributed by atoms with E-state index in [0.717, 1.165) is 5.56 Å². The molecule has 2 N–H and O–H groups in total. The third-order valence-electron chi connectivity index (χ3n) is 2.46. The number of benzene rings is 1. The summed E-state index contributed by atoms with van der Waals surface area (Å²) in [7, 11) is 0. The van der Waals surface area contributed by atoms with Crippen LogP contribution in [0.3, 0.4) is 0 Å². The lowest BCUT2D eigenvalue weighted by molar-refractivity contribution is -0.138. The fourth-order valence-electron chi connectivity index (χ4n) is 1.55. The molecule has 0 fully saturated rings. The summed E-state index contributed by atoms with van der Waals surface area (Å²) in [6, 6.07) is 4.97. The highest BCUT2D eigenvalue weighted by molar-refractivity contribution is 6.34. The van der Waals surface area contributed by atoms with E-state index in [1.807, 2.05) is 0 Å². The molecule has 1 atom stereocenters. The summed E-state index contributed by atoms with van der Waals surface area (Å²) < 4.78 is 0. The van der Waals surface area contributed by atoms with Crippen LogP contribution >= 0.6 is 23.2 Å². The van der Waals surface area contributed by atoms with Crippen molar-refractivity contribution in [2.24, 2.45) is 5.92 Å². The molecule has 0 aromatic heterocycles. The van der Waals surface area contributed by atoms with Crippen LogP contribution in [0, 0.1) is 5.92 Å². The maximum Gasteiger partial charge on any atom is 0.303 e. The summed E-state index contributed by atoms with van der Waals surface area (Å²) in [6.07, 6.45) is 2.97. The number of halogens is 2. The van der Waals surface area contributed by atoms with Gasteiger partial charge in [0.25, 0.3) is 0 Å². The number of nitrogens with one attached hydrogen (secondary N) is 1. The van der Waals surface area contributed by atoms with Crippen LogP contribution in [0.2, 0.25) is 10.0 Å². The van der Waals surface area contributed by atoms with E-state index < -0.39 is 5.97 Å². The Kier molecular flexibility index (Phi) is 6.55. The maximum absolute atomic E-state index is 11.6. The van der Waals surface area contributed by atoms with Crippen molar-refractivity contribution in [2.45, 2.75) is 13.3 Å². The molecule has 0 saturated carbocycles. The van der Waals surface area contributed by atoms with E-state index in [2.05, 4.69) is 5.32 Å². The number of carbonyl (C=O) groups excluding carboxylic acids is 1. The average molecular weight is 316 g/mol. The summed E-state index contributed by atoms with van der Waals surface area (Å²) in [5.41, 5.74) is 0.719. The first-order chi connectivity index (χ1) is 9.36. The molecule has 0 radical (unpaired) electrons. The molecular formula is C14H15Cl2NO3. The van der Waals surface area contributed by atoms with Crippen molar-refractivity contribution in [3.8, 4) is 0 Å². The first-order valence-electron chi connectivity index (χ1n) is 6.00. The van der Waals surface area contributed by atoms with Gasteiger partial charge in [0.05, 0.1) is 0 Å². The Bertz CT molecular complexity index is 509. The molecule has 0 aliphatic heterocycles. The van der Waals surface area contributed by atoms with Crippen molar-refractivity contribution in [1.29, 1.82) is 0 Å². The van der Waals surface area contributed by atoms with E-state index in [1.165, 1.54) is 6.08 Å². The van der Waals surface area contributed by atoms with Crippen LogP contribution in [0.4, 0.5) is 0 Å². The van der Waals surface area contributed by atoms with E-state index in [4.69, 9.17) is 28.3 Å². The number of hydrogen-bond acceptors (Lipinski definition) is 2. The second kappa shape index (κ2) is 7.92. The predicted molar refractivity (Wildman–Crippen MR) is 79.9 cm³/mol. The zero-order valence-electron chi connectivity index (χ0n) is 10.9. The zero-order valence-corrected chi connectivity index (χ0v) is 12.4. The lowest BCUT2D eigenvalue weighted by Crippen LogP contribution is -2.27. The molecule has 1 aromatic carbocycles. The van der Waals surface area contributed by atoms with Gasteiger partial charge < -0.3 is 10.4 Å². The standard InChI is InChI=1S/C14H15Cl2NO3/c1-9(4-14(19)20)8-17-13(18)3-2-10-5-11(15)7-12(16)6-10/h2-3,5-7,9H,4,8H2,1H3,(H,17,18)(H,19,20)/b3-2+. The minimum absolute atomic E-state index is 0.0217. The number of carboxylic acid groups (broad SMARTS) is 1. The van der Waals surface area contributed by atoms with E-state index in [9.17, 15) is 9.59 Å². The molecule has 0 bridgehead atoms. The highest BCUT2D eigenvalue weighted by Gasteiger charge is 2.08. The van der Waals surface area contributed by atoms with Crippen LogP contribution in [0.15, 0.2) is 24.3 Å². The lowest BCUT2D eigenvalue weighted by atomic mass is 10.1. The summed E-state index contributed by atoms with van der Waals surface area (Å²) in [6.45, 7) is 2.07. The molecule has 1 unspecified atom stereocenters. The molecule has 20 heavy (non-hydrogen) atoms. The summed E-state index contributed by atoms with van der Waals surface area (Å²) in [4.78, 5) is 22.0. The minimum atomic E-state index is -0.879. The Labute approximate surface area is 127 Å². The molecule has 0 aliphatic carbocycles. The van der Waals surface area contributed by atoms with E-state index >= 15 is 0 Å². The lowest BCUT2D eigenvalue weighted by Gasteiger charge is -2.08. The van der Waals surface area contributed by atoms with Gasteiger partial charge in [0.15, 0.2) is 0 Å². The van der Waals surface area contributed by atoms with Gasteiger partial charge in [0.1, 0.15) is 0 Å². The van der Waals surface area contributed by atoms with Gasteiger partial charge in [-0.25, -0.2) is 0 Å². The van der Waals surface area contributed by atoms with E-state index in [-0.39, 0.29) is 18.2 Å². The molecule has 108 valence electrons. The number of rotatable bonds is 6. The van der Waals surface area contributed by atoms with Crippen molar-refractivity contribution in [3.05, 3.63) is 39.9 Å². The molecular weight excluding hydrogens is 301 g/mol. The topological polar surface area (TPSA) is 66.4 Å². The minimum Gasteiger partial charge on any atom is -0.481 e. The smallest absolute Gasteiger partial charge is 0.303 e. The second-order valence-corrected chi connectivity index (χ2v) is 5.36. The Balaban J connectivity index is 2.49. The van der Waals surface area contributed by atoms with Gasteiger partial charge in [-0.15, -0.1) is 0 Å². The summed E-state index contributed by atoms with van der Waals surface area (Å²) in [5.74, 6) is -1.29. The first-order valence-corrected chi connectivity index (χ1v) is 6.76. The van der Waals surface area contributed by atoms with Crippen LogP contribution < -0.4 is 5.32 Å². The zero-order chi connectivity index (χ0) is 15.1. The van der Waals surface area contributed by atoms with Gasteiger partial charge in [-0.05, 0) is 35.8 Å². The highest BCUT2D eigenvalue weighted by Crippen LogP contribution is 2.19. The largest absolute Gasteiger partial charge is 0.481 e. The Morgan fingerprint density at radius 1 is 1.30 bits per heavy atom. The number of aliphatic carboxylic acids is 1. The van der Waals surface area contributed by atoms with Gasteiger partial charge in [-0.3, -0.25) is 9.59 Å². The number of carboxylic acids is 1. The molecule has 4 nitrogen and oxygen atoms in total. The quantitative estimate of drug-likeness (QED) is 0.792. The molecule has 0 heterocycles. The van der Waals surface area contributed by atoms with Crippen molar-refractivity contribution in [1.82, 2.24) is 5.32 Å². The number of amides is 1. The third-order valence-corrected chi connectivity index (χ3v) is 2.90. The van der Waals surface area contributed by atoms with Crippen molar-refractivity contribution in [2.75, 3.05) is 6.54 Å². The van der Waals surface area contributed by atoms with Crippen LogP contribution in [0.1, 0.15) is 18.9 Å². The van der Waals surface area contributed by atoms with Crippen molar-refractivity contribution >= 4 is 41.2 Å². The first kappa shape index (κ1) is 16.5. The summed E-state index contributed by atoms with van der Waals surface area (Å²) >= 11 is 11.7. The molecule has 0 saturated heterocycles. The SMILES string of the molecule is CC(CNC(=O)/C=C/c1cc(Cl)cc(Cl)c1)CC(=O)O. The summed E-state index contributed by atoms with van der Waals surface area (Å²) in [5, 5.41) is 12.2. The van der Waals surface area contributed by atoms with Gasteiger partial charge in [-0.2, -0.15) is 0 Å². The van der Waals surface area contributed by atoms with Gasteiger partial charge in [-0.1, -0.05) is 30.1 Å². The van der Waals surface area contributed by atoms with Crippen LogP contribution in [-0.2, 0) is 9.59 Å². The molecule has 1 amide bonds. The predicted octanol–water partition coefficient (Wildman–Crippen LogP) is 3.23. The van der Waals surface area contributed by atoms with Crippen LogP contribution in [0.5, 0.6) is 0 Å². The van der Waals surface area contributed by atoms with Crippen LogP contribution in [0.25, 0.3) is 6.08 Å². The normalized spacial score (nSPS) is 12.3. The molecule has 0 spiro atoms. The average Bonchev–Trinajstić information content (AvgIpc) is 2.32. The van der Waals surface area contributed by atoms with Crippen molar-refractivity contribution < 1.29 is 14.7 Å². The van der Waals surface area contributed by atoms with Crippen molar-refractivity contribution in [3.63, 3.8) is 0 Å². The fraction of sp³-hybridized carbons (Fsp3) is 0.286.